The first-order valence-electron chi connectivity index (χ1n) is 6.01. The van der Waals surface area contributed by atoms with E-state index in [0.29, 0.717) is 30.2 Å². The number of piperidine rings is 1. The Bertz CT molecular complexity index is 393. The summed E-state index contributed by atoms with van der Waals surface area (Å²) >= 11 is 5.82. The maximum absolute atomic E-state index is 13.2. The van der Waals surface area contributed by atoms with Gasteiger partial charge in [0.1, 0.15) is 6.17 Å². The molecule has 0 saturated carbocycles. The standard InChI is InChI=1S/C12H18ClFN4O/c1-3-6-15-11(9(2)13)16-17-12(19)18-7-4-5-10(14)8-18/h3,6,10,16H,1,4-5,7-8H2,2H3,(H,17,19)/b11-9-,15-6-. The molecule has 19 heavy (non-hydrogen) atoms. The lowest BCUT2D eigenvalue weighted by molar-refractivity contribution is 0.142. The smallest absolute Gasteiger partial charge is 0.320 e. The number of carbonyl (C=O) groups is 1. The summed E-state index contributed by atoms with van der Waals surface area (Å²) in [7, 11) is 0. The van der Waals surface area contributed by atoms with Crippen molar-refractivity contribution in [3.05, 3.63) is 23.5 Å². The Kier molecular flexibility index (Phi) is 6.35. The number of nitrogens with zero attached hydrogens (tertiary/aromatic N) is 2. The van der Waals surface area contributed by atoms with Crippen LogP contribution in [-0.4, -0.2) is 36.4 Å². The third-order valence-corrected chi connectivity index (χ3v) is 2.75. The molecule has 0 spiro atoms. The van der Waals surface area contributed by atoms with Crippen LogP contribution in [0.1, 0.15) is 19.8 Å². The van der Waals surface area contributed by atoms with Crippen LogP contribution >= 0.6 is 11.6 Å². The van der Waals surface area contributed by atoms with Crippen LogP contribution in [0.4, 0.5) is 9.18 Å². The summed E-state index contributed by atoms with van der Waals surface area (Å²) in [6.45, 7) is 5.78. The normalized spacial score (nSPS) is 21.0. The van der Waals surface area contributed by atoms with Crippen molar-refractivity contribution < 1.29 is 9.18 Å². The Morgan fingerprint density at radius 1 is 1.58 bits per heavy atom. The number of alkyl halides is 1. The minimum atomic E-state index is -0.955. The molecule has 7 heteroatoms. The van der Waals surface area contributed by atoms with Crippen molar-refractivity contribution in [2.24, 2.45) is 4.99 Å². The van der Waals surface area contributed by atoms with Crippen molar-refractivity contribution in [3.63, 3.8) is 0 Å². The molecular formula is C12H18ClFN4O. The molecule has 1 aliphatic heterocycles. The molecule has 0 aromatic carbocycles. The monoisotopic (exact) mass is 288 g/mol. The summed E-state index contributed by atoms with van der Waals surface area (Å²) < 4.78 is 13.2. The predicted octanol–water partition coefficient (Wildman–Crippen LogP) is 2.32. The third-order valence-electron chi connectivity index (χ3n) is 2.57. The molecule has 0 aromatic rings. The number of amides is 2. The number of halogens is 2. The molecule has 1 aliphatic rings. The highest BCUT2D eigenvalue weighted by Gasteiger charge is 2.23. The van der Waals surface area contributed by atoms with E-state index in [4.69, 9.17) is 11.6 Å². The fourth-order valence-corrected chi connectivity index (χ4v) is 1.73. The molecule has 0 bridgehead atoms. The third kappa shape index (κ3) is 5.30. The van der Waals surface area contributed by atoms with Gasteiger partial charge >= 0.3 is 6.03 Å². The zero-order valence-electron chi connectivity index (χ0n) is 10.8. The van der Waals surface area contributed by atoms with E-state index in [9.17, 15) is 9.18 Å². The maximum Gasteiger partial charge on any atom is 0.336 e. The van der Waals surface area contributed by atoms with Crippen LogP contribution in [0.3, 0.4) is 0 Å². The van der Waals surface area contributed by atoms with Crippen LogP contribution < -0.4 is 10.9 Å². The second kappa shape index (κ2) is 7.78. The van der Waals surface area contributed by atoms with Crippen LogP contribution in [0.2, 0.25) is 0 Å². The molecule has 1 heterocycles. The number of hydrazine groups is 1. The van der Waals surface area contributed by atoms with Crippen molar-refractivity contribution in [2.75, 3.05) is 13.1 Å². The number of hydrogen-bond donors (Lipinski definition) is 2. The van der Waals surface area contributed by atoms with Crippen molar-refractivity contribution in [3.8, 4) is 0 Å². The number of allylic oxidation sites excluding steroid dienone is 2. The average Bonchev–Trinajstić information content (AvgIpc) is 2.38. The van der Waals surface area contributed by atoms with Gasteiger partial charge in [-0.25, -0.2) is 14.2 Å². The van der Waals surface area contributed by atoms with Gasteiger partial charge in [0.25, 0.3) is 0 Å². The highest BCUT2D eigenvalue weighted by Crippen LogP contribution is 2.12. The molecule has 0 radical (unpaired) electrons. The van der Waals surface area contributed by atoms with Crippen LogP contribution in [-0.2, 0) is 0 Å². The lowest BCUT2D eigenvalue weighted by Crippen LogP contribution is -2.50. The van der Waals surface area contributed by atoms with Crippen LogP contribution in [0, 0.1) is 0 Å². The molecule has 1 unspecified atom stereocenters. The van der Waals surface area contributed by atoms with E-state index in [1.54, 1.807) is 6.92 Å². The highest BCUT2D eigenvalue weighted by atomic mass is 35.5. The molecule has 1 fully saturated rings. The molecule has 2 N–H and O–H groups in total. The first-order chi connectivity index (χ1) is 9.04. The Morgan fingerprint density at radius 3 is 2.89 bits per heavy atom. The van der Waals surface area contributed by atoms with Gasteiger partial charge in [-0.1, -0.05) is 24.3 Å². The molecule has 0 aromatic heterocycles. The van der Waals surface area contributed by atoms with Gasteiger partial charge in [0.15, 0.2) is 5.82 Å². The van der Waals surface area contributed by atoms with Gasteiger partial charge in [-0.05, 0) is 19.8 Å². The van der Waals surface area contributed by atoms with E-state index in [2.05, 4.69) is 22.4 Å². The van der Waals surface area contributed by atoms with E-state index in [0.717, 1.165) is 0 Å². The molecule has 106 valence electrons. The first-order valence-corrected chi connectivity index (χ1v) is 6.39. The van der Waals surface area contributed by atoms with Crippen LogP contribution in [0.5, 0.6) is 0 Å². The second-order valence-electron chi connectivity index (χ2n) is 4.14. The molecule has 1 rings (SSSR count). The summed E-state index contributed by atoms with van der Waals surface area (Å²) in [5, 5.41) is 0.389. The number of likely N-dealkylation sites (tertiary alicyclic amines) is 1. The lowest BCUT2D eigenvalue weighted by Gasteiger charge is -2.29. The topological polar surface area (TPSA) is 56.7 Å². The van der Waals surface area contributed by atoms with Gasteiger partial charge in [0, 0.05) is 12.8 Å². The highest BCUT2D eigenvalue weighted by molar-refractivity contribution is 6.29. The van der Waals surface area contributed by atoms with E-state index in [1.165, 1.54) is 17.2 Å². The minimum Gasteiger partial charge on any atom is -0.320 e. The fourth-order valence-electron chi connectivity index (χ4n) is 1.64. The van der Waals surface area contributed by atoms with Gasteiger partial charge in [-0.2, -0.15) is 0 Å². The van der Waals surface area contributed by atoms with Gasteiger partial charge < -0.3 is 4.90 Å². The molecule has 1 atom stereocenters. The van der Waals surface area contributed by atoms with Gasteiger partial charge in [0.2, 0.25) is 0 Å². The van der Waals surface area contributed by atoms with E-state index in [1.807, 2.05) is 0 Å². The Balaban J connectivity index is 2.50. The van der Waals surface area contributed by atoms with Gasteiger partial charge in [-0.15, -0.1) is 0 Å². The van der Waals surface area contributed by atoms with E-state index < -0.39 is 12.2 Å². The largest absolute Gasteiger partial charge is 0.336 e. The van der Waals surface area contributed by atoms with Crippen molar-refractivity contribution >= 4 is 23.8 Å². The van der Waals surface area contributed by atoms with E-state index >= 15 is 0 Å². The van der Waals surface area contributed by atoms with E-state index in [-0.39, 0.29) is 6.54 Å². The zero-order valence-corrected chi connectivity index (χ0v) is 11.6. The maximum atomic E-state index is 13.2. The Morgan fingerprint density at radius 2 is 2.32 bits per heavy atom. The van der Waals surface area contributed by atoms with Crippen LogP contribution in [0.25, 0.3) is 0 Å². The summed E-state index contributed by atoms with van der Waals surface area (Å²) in [6.07, 6.45) is 3.15. The minimum absolute atomic E-state index is 0.113. The number of hydrogen-bond acceptors (Lipinski definition) is 3. The zero-order chi connectivity index (χ0) is 14.3. The summed E-state index contributed by atoms with van der Waals surface area (Å²) in [4.78, 5) is 17.2. The summed E-state index contributed by atoms with van der Waals surface area (Å²) in [5.74, 6) is 0.309. The first kappa shape index (κ1) is 15.5. The molecule has 5 nitrogen and oxygen atoms in total. The summed E-state index contributed by atoms with van der Waals surface area (Å²) in [5.41, 5.74) is 5.05. The number of nitrogens with one attached hydrogen (secondary N) is 2. The molecule has 0 aliphatic carbocycles. The Hall–Kier alpha value is -1.56. The lowest BCUT2D eigenvalue weighted by atomic mass is 10.1. The van der Waals surface area contributed by atoms with Crippen molar-refractivity contribution in [1.82, 2.24) is 15.8 Å². The number of rotatable bonds is 4. The Labute approximate surface area is 117 Å². The molecule has 2 amide bonds. The average molecular weight is 289 g/mol. The van der Waals surface area contributed by atoms with Crippen molar-refractivity contribution in [2.45, 2.75) is 25.9 Å². The number of aliphatic imine (C=N–C) groups is 1. The summed E-state index contributed by atoms with van der Waals surface area (Å²) in [6, 6.07) is -0.397. The number of urea groups is 1. The van der Waals surface area contributed by atoms with Crippen molar-refractivity contribution in [1.29, 1.82) is 0 Å². The SMILES string of the molecule is C=C/C=N\C(NNC(=O)N1CCCC(F)C1)=C(/C)Cl. The number of carbonyl (C=O) groups excluding carboxylic acids is 1. The fraction of sp³-hybridized carbons (Fsp3) is 0.500. The van der Waals surface area contributed by atoms with Crippen LogP contribution in [0.15, 0.2) is 28.5 Å². The molecule has 1 saturated heterocycles. The quantitative estimate of drug-likeness (QED) is 0.616. The predicted molar refractivity (Wildman–Crippen MR) is 74.6 cm³/mol. The second-order valence-corrected chi connectivity index (χ2v) is 4.70. The molecular weight excluding hydrogens is 271 g/mol. The van der Waals surface area contributed by atoms with Gasteiger partial charge in [-0.3, -0.25) is 10.9 Å². The van der Waals surface area contributed by atoms with Gasteiger partial charge in [0.05, 0.1) is 11.6 Å².